The third kappa shape index (κ3) is 2.18. The summed E-state index contributed by atoms with van der Waals surface area (Å²) < 4.78 is 13.5. The zero-order valence-corrected chi connectivity index (χ0v) is 10.1. The lowest BCUT2D eigenvalue weighted by molar-refractivity contribution is 0.276. The maximum atomic E-state index is 13.5. The first-order chi connectivity index (χ1) is 7.74. The van der Waals surface area contributed by atoms with Crippen molar-refractivity contribution in [1.82, 2.24) is 0 Å². The van der Waals surface area contributed by atoms with Gasteiger partial charge in [0.15, 0.2) is 0 Å². The molecule has 1 unspecified atom stereocenters. The molecule has 1 N–H and O–H groups in total. The lowest BCUT2D eigenvalue weighted by Gasteiger charge is -2.36. The van der Waals surface area contributed by atoms with E-state index in [9.17, 15) is 9.50 Å². The van der Waals surface area contributed by atoms with Crippen LogP contribution in [0.15, 0.2) is 18.2 Å². The standard InChI is InChI=1S/C12H16FNOS/c1-9-8-16-6-5-14(9)12-4-2-3-11(13)10(12)7-15/h2-4,9,15H,5-8H2,1H3. The molecule has 0 bridgehead atoms. The van der Waals surface area contributed by atoms with Crippen molar-refractivity contribution in [3.8, 4) is 0 Å². The molecule has 0 aliphatic carbocycles. The first-order valence-electron chi connectivity index (χ1n) is 5.46. The SMILES string of the molecule is CC1CSCCN1c1cccc(F)c1CO. The molecule has 0 radical (unpaired) electrons. The van der Waals surface area contributed by atoms with Crippen LogP contribution in [0.25, 0.3) is 0 Å². The Morgan fingerprint density at radius 3 is 3.06 bits per heavy atom. The number of hydrogen-bond donors (Lipinski definition) is 1. The summed E-state index contributed by atoms with van der Waals surface area (Å²) >= 11 is 1.92. The highest BCUT2D eigenvalue weighted by Gasteiger charge is 2.22. The monoisotopic (exact) mass is 241 g/mol. The fourth-order valence-corrected chi connectivity index (χ4v) is 3.07. The summed E-state index contributed by atoms with van der Waals surface area (Å²) in [6.07, 6.45) is 0. The lowest BCUT2D eigenvalue weighted by Crippen LogP contribution is -2.41. The van der Waals surface area contributed by atoms with Gasteiger partial charge in [-0.15, -0.1) is 0 Å². The van der Waals surface area contributed by atoms with E-state index in [4.69, 9.17) is 0 Å². The molecule has 1 atom stereocenters. The number of thioether (sulfide) groups is 1. The van der Waals surface area contributed by atoms with Crippen molar-refractivity contribution in [2.24, 2.45) is 0 Å². The molecular weight excluding hydrogens is 225 g/mol. The molecule has 2 nitrogen and oxygen atoms in total. The van der Waals surface area contributed by atoms with Gasteiger partial charge in [0.1, 0.15) is 5.82 Å². The molecule has 4 heteroatoms. The molecule has 1 fully saturated rings. The summed E-state index contributed by atoms with van der Waals surface area (Å²) in [6.45, 7) is 2.82. The van der Waals surface area contributed by atoms with E-state index in [1.807, 2.05) is 17.8 Å². The number of benzene rings is 1. The number of halogens is 1. The van der Waals surface area contributed by atoms with Gasteiger partial charge in [-0.1, -0.05) is 6.07 Å². The molecule has 1 aromatic carbocycles. The summed E-state index contributed by atoms with van der Waals surface area (Å²) in [4.78, 5) is 2.19. The minimum atomic E-state index is -0.314. The van der Waals surface area contributed by atoms with Gasteiger partial charge >= 0.3 is 0 Å². The largest absolute Gasteiger partial charge is 0.391 e. The number of rotatable bonds is 2. The van der Waals surface area contributed by atoms with Gasteiger partial charge < -0.3 is 10.0 Å². The maximum Gasteiger partial charge on any atom is 0.130 e. The minimum absolute atomic E-state index is 0.238. The minimum Gasteiger partial charge on any atom is -0.391 e. The van der Waals surface area contributed by atoms with Gasteiger partial charge in [-0.2, -0.15) is 11.8 Å². The summed E-state index contributed by atoms with van der Waals surface area (Å²) in [6, 6.07) is 5.39. The maximum absolute atomic E-state index is 13.5. The fourth-order valence-electron chi connectivity index (χ4n) is 2.06. The van der Waals surface area contributed by atoms with Crippen molar-refractivity contribution in [3.05, 3.63) is 29.6 Å². The topological polar surface area (TPSA) is 23.5 Å². The van der Waals surface area contributed by atoms with Gasteiger partial charge in [0.25, 0.3) is 0 Å². The second-order valence-corrected chi connectivity index (χ2v) is 5.16. The highest BCUT2D eigenvalue weighted by molar-refractivity contribution is 7.99. The average molecular weight is 241 g/mol. The number of anilines is 1. The van der Waals surface area contributed by atoms with Crippen molar-refractivity contribution in [2.45, 2.75) is 19.6 Å². The number of hydrogen-bond acceptors (Lipinski definition) is 3. The average Bonchev–Trinajstić information content (AvgIpc) is 2.29. The van der Waals surface area contributed by atoms with Crippen LogP contribution in [0.3, 0.4) is 0 Å². The third-order valence-electron chi connectivity index (χ3n) is 2.93. The van der Waals surface area contributed by atoms with Crippen molar-refractivity contribution in [2.75, 3.05) is 23.0 Å². The van der Waals surface area contributed by atoms with Crippen LogP contribution in [0.5, 0.6) is 0 Å². The Balaban J connectivity index is 2.34. The number of aliphatic hydroxyl groups is 1. The van der Waals surface area contributed by atoms with E-state index < -0.39 is 0 Å². The summed E-state index contributed by atoms with van der Waals surface area (Å²) in [5, 5.41) is 9.24. The summed E-state index contributed by atoms with van der Waals surface area (Å²) in [5.74, 6) is 1.80. The Kier molecular flexibility index (Phi) is 3.71. The smallest absolute Gasteiger partial charge is 0.130 e. The fraction of sp³-hybridized carbons (Fsp3) is 0.500. The predicted octanol–water partition coefficient (Wildman–Crippen LogP) is 2.26. The molecule has 1 aromatic rings. The second kappa shape index (κ2) is 5.06. The van der Waals surface area contributed by atoms with Crippen molar-refractivity contribution >= 4 is 17.4 Å². The van der Waals surface area contributed by atoms with Gasteiger partial charge in [-0.05, 0) is 19.1 Å². The number of aliphatic hydroxyl groups excluding tert-OH is 1. The van der Waals surface area contributed by atoms with E-state index in [1.54, 1.807) is 6.07 Å². The van der Waals surface area contributed by atoms with Crippen LogP contribution in [-0.4, -0.2) is 29.2 Å². The van der Waals surface area contributed by atoms with E-state index in [2.05, 4.69) is 11.8 Å². The van der Waals surface area contributed by atoms with Crippen LogP contribution in [0, 0.1) is 5.82 Å². The van der Waals surface area contributed by atoms with Crippen LogP contribution in [0.1, 0.15) is 12.5 Å². The molecule has 0 aromatic heterocycles. The zero-order valence-electron chi connectivity index (χ0n) is 9.32. The van der Waals surface area contributed by atoms with E-state index in [1.165, 1.54) is 6.07 Å². The first kappa shape index (κ1) is 11.7. The van der Waals surface area contributed by atoms with Crippen molar-refractivity contribution < 1.29 is 9.50 Å². The van der Waals surface area contributed by atoms with E-state index in [-0.39, 0.29) is 12.4 Å². The third-order valence-corrected chi connectivity index (χ3v) is 4.12. The molecule has 1 aliphatic heterocycles. The van der Waals surface area contributed by atoms with Gasteiger partial charge in [-0.25, -0.2) is 4.39 Å². The quantitative estimate of drug-likeness (QED) is 0.859. The van der Waals surface area contributed by atoms with Gasteiger partial charge in [0.2, 0.25) is 0 Å². The Morgan fingerprint density at radius 2 is 2.38 bits per heavy atom. The van der Waals surface area contributed by atoms with Gasteiger partial charge in [-0.3, -0.25) is 0 Å². The highest BCUT2D eigenvalue weighted by atomic mass is 32.2. The van der Waals surface area contributed by atoms with Gasteiger partial charge in [0.05, 0.1) is 6.61 Å². The lowest BCUT2D eigenvalue weighted by atomic mass is 10.1. The predicted molar refractivity (Wildman–Crippen MR) is 66.5 cm³/mol. The van der Waals surface area contributed by atoms with Crippen LogP contribution in [-0.2, 0) is 6.61 Å². The molecule has 16 heavy (non-hydrogen) atoms. The second-order valence-electron chi connectivity index (χ2n) is 4.01. The first-order valence-corrected chi connectivity index (χ1v) is 6.62. The van der Waals surface area contributed by atoms with Crippen LogP contribution in [0.4, 0.5) is 10.1 Å². The Bertz CT molecular complexity index is 372. The normalized spacial score (nSPS) is 21.2. The molecule has 0 spiro atoms. The number of nitrogens with zero attached hydrogens (tertiary/aromatic N) is 1. The summed E-state index contributed by atoms with van der Waals surface area (Å²) in [7, 11) is 0. The Labute approximate surface area is 99.5 Å². The molecular formula is C12H16FNOS. The summed E-state index contributed by atoms with van der Waals surface area (Å²) in [5.41, 5.74) is 1.26. The Morgan fingerprint density at radius 1 is 1.56 bits per heavy atom. The molecule has 1 heterocycles. The van der Waals surface area contributed by atoms with Crippen LogP contribution in [0.2, 0.25) is 0 Å². The van der Waals surface area contributed by atoms with Gasteiger partial charge in [0, 0.05) is 35.3 Å². The molecule has 2 rings (SSSR count). The molecule has 0 amide bonds. The van der Waals surface area contributed by atoms with E-state index in [0.29, 0.717) is 11.6 Å². The molecule has 88 valence electrons. The zero-order chi connectivity index (χ0) is 11.5. The molecule has 1 saturated heterocycles. The Hall–Kier alpha value is -0.740. The van der Waals surface area contributed by atoms with Crippen LogP contribution >= 0.6 is 11.8 Å². The molecule has 0 saturated carbocycles. The molecule has 1 aliphatic rings. The van der Waals surface area contributed by atoms with E-state index >= 15 is 0 Å². The van der Waals surface area contributed by atoms with Crippen molar-refractivity contribution in [3.63, 3.8) is 0 Å². The van der Waals surface area contributed by atoms with E-state index in [0.717, 1.165) is 23.7 Å². The highest BCUT2D eigenvalue weighted by Crippen LogP contribution is 2.28. The van der Waals surface area contributed by atoms with Crippen molar-refractivity contribution in [1.29, 1.82) is 0 Å². The van der Waals surface area contributed by atoms with Crippen LogP contribution < -0.4 is 4.90 Å².